The van der Waals surface area contributed by atoms with Gasteiger partial charge in [-0.05, 0) is 24.5 Å². The minimum atomic E-state index is -0.845. The highest BCUT2D eigenvalue weighted by molar-refractivity contribution is 5.89. The number of nitrogens with one attached hydrogen (secondary N) is 1. The van der Waals surface area contributed by atoms with Crippen LogP contribution in [-0.2, 0) is 13.0 Å². The first-order chi connectivity index (χ1) is 7.75. The number of nitrogens with zero attached hydrogens (tertiary/aromatic N) is 1. The monoisotopic (exact) mass is 218 g/mol. The van der Waals surface area contributed by atoms with Crippen LogP contribution in [0.4, 0.5) is 0 Å². The van der Waals surface area contributed by atoms with Crippen LogP contribution in [-0.4, -0.2) is 22.6 Å². The second kappa shape index (κ2) is 3.56. The highest BCUT2D eigenvalue weighted by Gasteiger charge is 2.31. The molecule has 16 heavy (non-hydrogen) atoms. The van der Waals surface area contributed by atoms with Crippen LogP contribution in [0.25, 0.3) is 0 Å². The van der Waals surface area contributed by atoms with Crippen molar-refractivity contribution in [2.24, 2.45) is 0 Å². The molecule has 2 aliphatic rings. The van der Waals surface area contributed by atoms with Crippen molar-refractivity contribution in [1.29, 1.82) is 0 Å². The molecule has 0 spiro atoms. The quantitative estimate of drug-likeness (QED) is 0.785. The Labute approximate surface area is 93.7 Å². The van der Waals surface area contributed by atoms with Gasteiger partial charge in [0.05, 0.1) is 11.3 Å². The van der Waals surface area contributed by atoms with Crippen molar-refractivity contribution in [1.82, 2.24) is 10.3 Å². The standard InChI is InChI=1S/C12H14N2O2/c15-12(16)9-5-8-6-13-4-3-10(8)14-11(9)7-1-2-7/h5,7,13H,1-4,6H2,(H,15,16). The number of carboxylic acid groups (broad SMARTS) is 1. The molecule has 0 radical (unpaired) electrons. The van der Waals surface area contributed by atoms with Crippen LogP contribution >= 0.6 is 0 Å². The molecule has 0 aromatic carbocycles. The van der Waals surface area contributed by atoms with Gasteiger partial charge in [-0.25, -0.2) is 4.79 Å². The van der Waals surface area contributed by atoms with E-state index in [2.05, 4.69) is 10.3 Å². The predicted octanol–water partition coefficient (Wildman–Crippen LogP) is 1.30. The molecule has 1 saturated carbocycles. The molecule has 2 heterocycles. The van der Waals surface area contributed by atoms with Crippen LogP contribution in [0.5, 0.6) is 0 Å². The van der Waals surface area contributed by atoms with Gasteiger partial charge in [-0.3, -0.25) is 4.98 Å². The Balaban J connectivity index is 2.11. The first kappa shape index (κ1) is 9.78. The molecule has 84 valence electrons. The van der Waals surface area contributed by atoms with Gasteiger partial charge < -0.3 is 10.4 Å². The SMILES string of the molecule is O=C(O)c1cc2c(nc1C1CC1)CCNC2. The zero-order chi connectivity index (χ0) is 11.1. The van der Waals surface area contributed by atoms with Crippen LogP contribution in [0.15, 0.2) is 6.07 Å². The normalized spacial score (nSPS) is 19.2. The van der Waals surface area contributed by atoms with E-state index in [1.807, 2.05) is 6.07 Å². The maximum atomic E-state index is 11.2. The van der Waals surface area contributed by atoms with Crippen molar-refractivity contribution in [2.45, 2.75) is 31.7 Å². The Morgan fingerprint density at radius 2 is 2.31 bits per heavy atom. The number of pyridine rings is 1. The molecule has 1 aliphatic carbocycles. The summed E-state index contributed by atoms with van der Waals surface area (Å²) in [4.78, 5) is 15.8. The third-order valence-corrected chi connectivity index (χ3v) is 3.27. The minimum Gasteiger partial charge on any atom is -0.478 e. The smallest absolute Gasteiger partial charge is 0.337 e. The first-order valence-electron chi connectivity index (χ1n) is 5.72. The Hall–Kier alpha value is -1.42. The lowest BCUT2D eigenvalue weighted by atomic mass is 10.0. The first-order valence-corrected chi connectivity index (χ1v) is 5.72. The highest BCUT2D eigenvalue weighted by atomic mass is 16.4. The maximum Gasteiger partial charge on any atom is 0.337 e. The molecule has 1 fully saturated rings. The van der Waals surface area contributed by atoms with E-state index in [9.17, 15) is 9.90 Å². The number of aromatic nitrogens is 1. The second-order valence-corrected chi connectivity index (χ2v) is 4.53. The number of rotatable bonds is 2. The van der Waals surface area contributed by atoms with Crippen LogP contribution in [0.1, 0.15) is 46.1 Å². The summed E-state index contributed by atoms with van der Waals surface area (Å²) in [6.07, 6.45) is 3.09. The van der Waals surface area contributed by atoms with Crippen LogP contribution in [0.2, 0.25) is 0 Å². The van der Waals surface area contributed by atoms with Gasteiger partial charge in [-0.1, -0.05) is 0 Å². The zero-order valence-corrected chi connectivity index (χ0v) is 8.99. The molecule has 0 amide bonds. The van der Waals surface area contributed by atoms with Crippen LogP contribution < -0.4 is 5.32 Å². The Morgan fingerprint density at radius 1 is 1.50 bits per heavy atom. The highest BCUT2D eigenvalue weighted by Crippen LogP contribution is 2.41. The van der Waals surface area contributed by atoms with Gasteiger partial charge in [0.1, 0.15) is 0 Å². The summed E-state index contributed by atoms with van der Waals surface area (Å²) in [6, 6.07) is 1.81. The number of hydrogen-bond donors (Lipinski definition) is 2. The Kier molecular flexibility index (Phi) is 2.17. The Bertz CT molecular complexity index is 453. The average molecular weight is 218 g/mol. The summed E-state index contributed by atoms with van der Waals surface area (Å²) >= 11 is 0. The van der Waals surface area contributed by atoms with Crippen molar-refractivity contribution in [2.75, 3.05) is 6.54 Å². The number of aromatic carboxylic acids is 1. The van der Waals surface area contributed by atoms with Crippen LogP contribution in [0, 0.1) is 0 Å². The molecule has 0 bridgehead atoms. The van der Waals surface area contributed by atoms with Crippen molar-refractivity contribution in [3.8, 4) is 0 Å². The van der Waals surface area contributed by atoms with E-state index in [1.54, 1.807) is 0 Å². The summed E-state index contributed by atoms with van der Waals surface area (Å²) in [6.45, 7) is 1.68. The van der Waals surface area contributed by atoms with Crippen molar-refractivity contribution in [3.63, 3.8) is 0 Å². The van der Waals surface area contributed by atoms with E-state index in [0.717, 1.165) is 49.3 Å². The molecule has 0 saturated heterocycles. The Morgan fingerprint density at radius 3 is 3.00 bits per heavy atom. The van der Waals surface area contributed by atoms with Crippen molar-refractivity contribution < 1.29 is 9.90 Å². The molecule has 1 aromatic rings. The summed E-state index contributed by atoms with van der Waals surface area (Å²) in [5.41, 5.74) is 3.36. The molecule has 3 rings (SSSR count). The number of fused-ring (bicyclic) bond motifs is 1. The van der Waals surface area contributed by atoms with E-state index >= 15 is 0 Å². The van der Waals surface area contributed by atoms with Gasteiger partial charge in [0.25, 0.3) is 0 Å². The topological polar surface area (TPSA) is 62.2 Å². The molecule has 1 aromatic heterocycles. The number of carboxylic acids is 1. The lowest BCUT2D eigenvalue weighted by molar-refractivity contribution is 0.0695. The number of carbonyl (C=O) groups is 1. The van der Waals surface area contributed by atoms with Gasteiger partial charge in [0, 0.05) is 31.1 Å². The lowest BCUT2D eigenvalue weighted by Gasteiger charge is -2.18. The van der Waals surface area contributed by atoms with Gasteiger partial charge in [-0.15, -0.1) is 0 Å². The predicted molar refractivity (Wildman–Crippen MR) is 58.6 cm³/mol. The zero-order valence-electron chi connectivity index (χ0n) is 8.99. The molecular weight excluding hydrogens is 204 g/mol. The molecule has 1 aliphatic heterocycles. The van der Waals surface area contributed by atoms with E-state index in [0.29, 0.717) is 11.5 Å². The van der Waals surface area contributed by atoms with E-state index < -0.39 is 5.97 Å². The fourth-order valence-electron chi connectivity index (χ4n) is 2.25. The van der Waals surface area contributed by atoms with Gasteiger partial charge >= 0.3 is 5.97 Å². The molecule has 0 atom stereocenters. The van der Waals surface area contributed by atoms with E-state index in [-0.39, 0.29) is 0 Å². The van der Waals surface area contributed by atoms with E-state index in [1.165, 1.54) is 0 Å². The van der Waals surface area contributed by atoms with Crippen LogP contribution in [0.3, 0.4) is 0 Å². The average Bonchev–Trinajstić information content (AvgIpc) is 3.11. The molecule has 4 nitrogen and oxygen atoms in total. The summed E-state index contributed by atoms with van der Waals surface area (Å²) in [5, 5.41) is 12.4. The fourth-order valence-corrected chi connectivity index (χ4v) is 2.25. The minimum absolute atomic E-state index is 0.395. The summed E-state index contributed by atoms with van der Waals surface area (Å²) in [7, 11) is 0. The van der Waals surface area contributed by atoms with Gasteiger partial charge in [0.15, 0.2) is 0 Å². The van der Waals surface area contributed by atoms with Crippen molar-refractivity contribution in [3.05, 3.63) is 28.6 Å². The van der Waals surface area contributed by atoms with E-state index in [4.69, 9.17) is 0 Å². The third kappa shape index (κ3) is 1.59. The summed E-state index contributed by atoms with van der Waals surface area (Å²) < 4.78 is 0. The maximum absolute atomic E-state index is 11.2. The molecule has 4 heteroatoms. The third-order valence-electron chi connectivity index (χ3n) is 3.27. The summed E-state index contributed by atoms with van der Waals surface area (Å²) in [5.74, 6) is -0.450. The number of hydrogen-bond acceptors (Lipinski definition) is 3. The molecule has 0 unspecified atom stereocenters. The van der Waals surface area contributed by atoms with Gasteiger partial charge in [0.2, 0.25) is 0 Å². The molecular formula is C12H14N2O2. The fraction of sp³-hybridized carbons (Fsp3) is 0.500. The van der Waals surface area contributed by atoms with Crippen molar-refractivity contribution >= 4 is 5.97 Å². The second-order valence-electron chi connectivity index (χ2n) is 4.53. The lowest BCUT2D eigenvalue weighted by Crippen LogP contribution is -2.25. The largest absolute Gasteiger partial charge is 0.478 e. The van der Waals surface area contributed by atoms with Gasteiger partial charge in [-0.2, -0.15) is 0 Å². The molecule has 2 N–H and O–H groups in total.